The molecule has 0 N–H and O–H groups in total. The van der Waals surface area contributed by atoms with E-state index in [4.69, 9.17) is 11.6 Å². The second-order valence-corrected chi connectivity index (χ2v) is 9.05. The SMILES string of the molecule is CC1CS(=O)(=O)CCN1S(=O)(=O)c1ccc(CCl)cn1. The second-order valence-electron chi connectivity index (χ2n) is 4.72. The van der Waals surface area contributed by atoms with Crippen LogP contribution in [0.4, 0.5) is 0 Å². The number of sulfone groups is 1. The summed E-state index contributed by atoms with van der Waals surface area (Å²) in [5.74, 6) is -0.0615. The molecule has 2 rings (SSSR count). The summed E-state index contributed by atoms with van der Waals surface area (Å²) in [6, 6.07) is 2.40. The van der Waals surface area contributed by atoms with Gasteiger partial charge in [0, 0.05) is 24.7 Å². The van der Waals surface area contributed by atoms with E-state index in [1.165, 1.54) is 16.6 Å². The van der Waals surface area contributed by atoms with Gasteiger partial charge in [0.15, 0.2) is 14.9 Å². The van der Waals surface area contributed by atoms with Gasteiger partial charge in [-0.25, -0.2) is 21.8 Å². The molecule has 6 nitrogen and oxygen atoms in total. The van der Waals surface area contributed by atoms with E-state index in [2.05, 4.69) is 4.98 Å². The largest absolute Gasteiger partial charge is 0.260 e. The first-order valence-corrected chi connectivity index (χ1v) is 9.79. The molecule has 0 aliphatic carbocycles. The highest BCUT2D eigenvalue weighted by Crippen LogP contribution is 2.21. The van der Waals surface area contributed by atoms with Crippen molar-refractivity contribution in [2.45, 2.75) is 23.9 Å². The summed E-state index contributed by atoms with van der Waals surface area (Å²) in [6.45, 7) is 1.55. The second kappa shape index (κ2) is 5.59. The third kappa shape index (κ3) is 3.13. The quantitative estimate of drug-likeness (QED) is 0.755. The van der Waals surface area contributed by atoms with Crippen molar-refractivity contribution in [2.24, 2.45) is 0 Å². The Kier molecular flexibility index (Phi) is 4.38. The van der Waals surface area contributed by atoms with E-state index >= 15 is 0 Å². The third-order valence-corrected chi connectivity index (χ3v) is 7.17. The molecule has 1 aliphatic rings. The molecule has 0 amide bonds. The van der Waals surface area contributed by atoms with Crippen molar-refractivity contribution in [1.82, 2.24) is 9.29 Å². The maximum atomic E-state index is 12.4. The van der Waals surface area contributed by atoms with Crippen LogP contribution in [0.15, 0.2) is 23.4 Å². The Morgan fingerprint density at radius 1 is 1.45 bits per heavy atom. The summed E-state index contributed by atoms with van der Waals surface area (Å²) in [5, 5.41) is -0.0856. The molecule has 0 bridgehead atoms. The molecule has 1 aromatic rings. The monoisotopic (exact) mass is 338 g/mol. The topological polar surface area (TPSA) is 84.4 Å². The number of hydrogen-bond donors (Lipinski definition) is 0. The summed E-state index contributed by atoms with van der Waals surface area (Å²) in [6.07, 6.45) is 1.41. The fourth-order valence-electron chi connectivity index (χ4n) is 2.10. The van der Waals surface area contributed by atoms with Crippen LogP contribution in [0.25, 0.3) is 0 Å². The Bertz CT molecular complexity index is 686. The number of nitrogens with zero attached hydrogens (tertiary/aromatic N) is 2. The molecule has 2 heterocycles. The van der Waals surface area contributed by atoms with Crippen LogP contribution in [0.3, 0.4) is 0 Å². The fraction of sp³-hybridized carbons (Fsp3) is 0.545. The van der Waals surface area contributed by atoms with Gasteiger partial charge in [-0.05, 0) is 18.6 Å². The highest BCUT2D eigenvalue weighted by atomic mass is 35.5. The van der Waals surface area contributed by atoms with Crippen LogP contribution in [0.2, 0.25) is 0 Å². The minimum absolute atomic E-state index is 0.0369. The van der Waals surface area contributed by atoms with Crippen LogP contribution in [-0.2, 0) is 25.7 Å². The molecular formula is C11H15ClN2O4S2. The Morgan fingerprint density at radius 3 is 2.65 bits per heavy atom. The zero-order valence-electron chi connectivity index (χ0n) is 10.9. The molecule has 1 aliphatic heterocycles. The standard InChI is InChI=1S/C11H15ClN2O4S2/c1-9-8-19(15,16)5-4-14(9)20(17,18)11-3-2-10(6-12)7-13-11/h2-3,7,9H,4-6,8H2,1H3. The molecule has 0 spiro atoms. The first kappa shape index (κ1) is 15.7. The van der Waals surface area contributed by atoms with Gasteiger partial charge >= 0.3 is 0 Å². The zero-order chi connectivity index (χ0) is 15.0. The number of pyridine rings is 1. The first-order chi connectivity index (χ1) is 9.26. The molecule has 1 fully saturated rings. The van der Waals surface area contributed by atoms with Crippen molar-refractivity contribution in [2.75, 3.05) is 18.1 Å². The van der Waals surface area contributed by atoms with E-state index in [-0.39, 0.29) is 29.0 Å². The number of sulfonamides is 1. The van der Waals surface area contributed by atoms with E-state index in [1.807, 2.05) is 0 Å². The molecule has 1 atom stereocenters. The van der Waals surface area contributed by atoms with Gasteiger partial charge in [0.25, 0.3) is 10.0 Å². The van der Waals surface area contributed by atoms with Crippen molar-refractivity contribution in [3.05, 3.63) is 23.9 Å². The first-order valence-electron chi connectivity index (χ1n) is 5.99. The molecule has 112 valence electrons. The van der Waals surface area contributed by atoms with Gasteiger partial charge in [-0.1, -0.05) is 6.07 Å². The average molecular weight is 339 g/mol. The van der Waals surface area contributed by atoms with E-state index in [0.29, 0.717) is 0 Å². The van der Waals surface area contributed by atoms with E-state index in [9.17, 15) is 16.8 Å². The summed E-state index contributed by atoms with van der Waals surface area (Å²) in [5.41, 5.74) is 0.722. The van der Waals surface area contributed by atoms with Gasteiger partial charge in [-0.15, -0.1) is 11.6 Å². The van der Waals surface area contributed by atoms with Crippen molar-refractivity contribution in [1.29, 1.82) is 0 Å². The predicted octanol–water partition coefficient (Wildman–Crippen LogP) is 0.628. The lowest BCUT2D eigenvalue weighted by atomic mass is 10.3. The highest BCUT2D eigenvalue weighted by Gasteiger charge is 2.37. The number of halogens is 1. The molecule has 1 unspecified atom stereocenters. The lowest BCUT2D eigenvalue weighted by molar-refractivity contribution is 0.355. The minimum atomic E-state index is -3.77. The summed E-state index contributed by atoms with van der Waals surface area (Å²) in [7, 11) is -6.93. The maximum Gasteiger partial charge on any atom is 0.260 e. The number of rotatable bonds is 3. The predicted molar refractivity (Wildman–Crippen MR) is 75.8 cm³/mol. The van der Waals surface area contributed by atoms with Gasteiger partial charge in [0.2, 0.25) is 0 Å². The molecule has 1 aromatic heterocycles. The highest BCUT2D eigenvalue weighted by molar-refractivity contribution is 7.92. The lowest BCUT2D eigenvalue weighted by Crippen LogP contribution is -2.49. The molecule has 0 aromatic carbocycles. The number of aromatic nitrogens is 1. The minimum Gasteiger partial charge on any atom is -0.243 e. The Labute approximate surface area is 123 Å². The van der Waals surface area contributed by atoms with E-state index in [1.54, 1.807) is 13.0 Å². The molecule has 9 heteroatoms. The van der Waals surface area contributed by atoms with Gasteiger partial charge in [-0.2, -0.15) is 4.31 Å². The smallest absolute Gasteiger partial charge is 0.243 e. The van der Waals surface area contributed by atoms with Gasteiger partial charge in [-0.3, -0.25) is 0 Å². The van der Waals surface area contributed by atoms with Gasteiger partial charge < -0.3 is 0 Å². The van der Waals surface area contributed by atoms with Crippen molar-refractivity contribution >= 4 is 31.5 Å². The van der Waals surface area contributed by atoms with Crippen LogP contribution >= 0.6 is 11.6 Å². The van der Waals surface area contributed by atoms with Crippen LogP contribution in [0, 0.1) is 0 Å². The maximum absolute atomic E-state index is 12.4. The lowest BCUT2D eigenvalue weighted by Gasteiger charge is -2.31. The summed E-state index contributed by atoms with van der Waals surface area (Å²) >= 11 is 5.63. The summed E-state index contributed by atoms with van der Waals surface area (Å²) in [4.78, 5) is 3.90. The van der Waals surface area contributed by atoms with E-state index < -0.39 is 25.9 Å². The zero-order valence-corrected chi connectivity index (χ0v) is 13.2. The Hall–Kier alpha value is -0.700. The Balaban J connectivity index is 2.30. The van der Waals surface area contributed by atoms with Crippen molar-refractivity contribution in [3.63, 3.8) is 0 Å². The van der Waals surface area contributed by atoms with Crippen LogP contribution in [-0.4, -0.2) is 50.2 Å². The fourth-order valence-corrected chi connectivity index (χ4v) is 5.57. The molecule has 0 radical (unpaired) electrons. The number of hydrogen-bond acceptors (Lipinski definition) is 5. The van der Waals surface area contributed by atoms with E-state index in [0.717, 1.165) is 5.56 Å². The third-order valence-electron chi connectivity index (χ3n) is 3.13. The molecule has 0 saturated carbocycles. The molecule has 1 saturated heterocycles. The van der Waals surface area contributed by atoms with Gasteiger partial charge in [0.1, 0.15) is 0 Å². The van der Waals surface area contributed by atoms with Crippen molar-refractivity contribution < 1.29 is 16.8 Å². The normalized spacial score (nSPS) is 23.6. The molecule has 20 heavy (non-hydrogen) atoms. The molecular weight excluding hydrogens is 324 g/mol. The van der Waals surface area contributed by atoms with Crippen LogP contribution in [0.5, 0.6) is 0 Å². The average Bonchev–Trinajstić information content (AvgIpc) is 2.37. The number of alkyl halides is 1. The van der Waals surface area contributed by atoms with Crippen LogP contribution in [0.1, 0.15) is 12.5 Å². The van der Waals surface area contributed by atoms with Crippen LogP contribution < -0.4 is 0 Å². The van der Waals surface area contributed by atoms with Gasteiger partial charge in [0.05, 0.1) is 11.5 Å². The Morgan fingerprint density at radius 2 is 2.15 bits per heavy atom. The van der Waals surface area contributed by atoms with Crippen molar-refractivity contribution in [3.8, 4) is 0 Å². The summed E-state index contributed by atoms with van der Waals surface area (Å²) < 4.78 is 49.1.